The van der Waals surface area contributed by atoms with Crippen LogP contribution in [0.4, 0.5) is 0 Å². The first-order chi connectivity index (χ1) is 14.7. The summed E-state index contributed by atoms with van der Waals surface area (Å²) in [7, 11) is 3.16. The molecule has 0 aliphatic carbocycles. The maximum absolute atomic E-state index is 12.1. The Labute approximate surface area is 187 Å². The summed E-state index contributed by atoms with van der Waals surface area (Å²) >= 11 is 4.44. The molecule has 0 fully saturated rings. The number of hydrazone groups is 1. The van der Waals surface area contributed by atoms with E-state index in [1.165, 1.54) is 34.9 Å². The third-order valence-corrected chi connectivity index (χ3v) is 7.01. The van der Waals surface area contributed by atoms with Gasteiger partial charge in [-0.05, 0) is 23.8 Å². The number of carbonyl (C=O) groups is 1. The fourth-order valence-electron chi connectivity index (χ4n) is 2.31. The molecule has 0 aliphatic rings. The molecule has 1 heterocycles. The van der Waals surface area contributed by atoms with Crippen LogP contribution in [0.5, 0.6) is 11.5 Å². The summed E-state index contributed by atoms with van der Waals surface area (Å²) in [5, 5.41) is 12.3. The lowest BCUT2D eigenvalue weighted by atomic mass is 10.2. The molecule has 0 unspecified atom stereocenters. The van der Waals surface area contributed by atoms with E-state index >= 15 is 0 Å². The Hall–Kier alpha value is -2.56. The van der Waals surface area contributed by atoms with Crippen LogP contribution in [0, 0.1) is 0 Å². The molecule has 0 saturated heterocycles. The summed E-state index contributed by atoms with van der Waals surface area (Å²) in [6, 6.07) is 15.5. The van der Waals surface area contributed by atoms with Crippen LogP contribution in [0.15, 0.2) is 62.3 Å². The van der Waals surface area contributed by atoms with Crippen molar-refractivity contribution in [2.45, 2.75) is 14.4 Å². The second-order valence-corrected chi connectivity index (χ2v) is 9.22. The van der Waals surface area contributed by atoms with E-state index < -0.39 is 0 Å². The Balaban J connectivity index is 1.45. The molecule has 0 atom stereocenters. The Morgan fingerprint density at radius 1 is 1.10 bits per heavy atom. The summed E-state index contributed by atoms with van der Waals surface area (Å²) in [5.41, 5.74) is 4.44. The van der Waals surface area contributed by atoms with Crippen LogP contribution in [0.25, 0.3) is 0 Å². The molecular weight excluding hydrogens is 440 g/mol. The van der Waals surface area contributed by atoms with Crippen molar-refractivity contribution in [2.75, 3.05) is 20.0 Å². The molecule has 1 aromatic heterocycles. The number of aromatic nitrogens is 2. The minimum Gasteiger partial charge on any atom is -0.497 e. The first-order valence-electron chi connectivity index (χ1n) is 8.85. The van der Waals surface area contributed by atoms with Gasteiger partial charge in [0.05, 0.1) is 26.2 Å². The maximum Gasteiger partial charge on any atom is 0.250 e. The number of ether oxygens (including phenoxy) is 2. The summed E-state index contributed by atoms with van der Waals surface area (Å²) in [4.78, 5) is 12.1. The SMILES string of the molecule is COc1ccc(OC)c(C=NNC(=O)CSc2nnc(SCc3ccccc3)s2)c1. The number of nitrogens with zero attached hydrogens (tertiary/aromatic N) is 3. The van der Waals surface area contributed by atoms with Gasteiger partial charge in [0, 0.05) is 11.3 Å². The highest BCUT2D eigenvalue weighted by Gasteiger charge is 2.09. The van der Waals surface area contributed by atoms with Crippen molar-refractivity contribution in [3.05, 3.63) is 59.7 Å². The molecule has 0 radical (unpaired) electrons. The van der Waals surface area contributed by atoms with Gasteiger partial charge in [0.15, 0.2) is 8.68 Å². The molecule has 7 nitrogen and oxygen atoms in total. The lowest BCUT2D eigenvalue weighted by Crippen LogP contribution is -2.19. The Kier molecular flexibility index (Phi) is 8.54. The Morgan fingerprint density at radius 2 is 1.87 bits per heavy atom. The summed E-state index contributed by atoms with van der Waals surface area (Å²) in [6.07, 6.45) is 1.52. The van der Waals surface area contributed by atoms with Crippen molar-refractivity contribution in [1.29, 1.82) is 0 Å². The van der Waals surface area contributed by atoms with E-state index in [0.29, 0.717) is 17.1 Å². The van der Waals surface area contributed by atoms with E-state index in [-0.39, 0.29) is 11.7 Å². The quantitative estimate of drug-likeness (QED) is 0.277. The van der Waals surface area contributed by atoms with Gasteiger partial charge >= 0.3 is 0 Å². The lowest BCUT2D eigenvalue weighted by Gasteiger charge is -2.06. The molecule has 0 saturated carbocycles. The monoisotopic (exact) mass is 460 g/mol. The number of hydrogen-bond donors (Lipinski definition) is 1. The zero-order chi connectivity index (χ0) is 21.2. The van der Waals surface area contributed by atoms with Crippen LogP contribution in [0.2, 0.25) is 0 Å². The molecule has 3 rings (SSSR count). The largest absolute Gasteiger partial charge is 0.497 e. The van der Waals surface area contributed by atoms with Gasteiger partial charge in [-0.25, -0.2) is 5.43 Å². The topological polar surface area (TPSA) is 85.7 Å². The summed E-state index contributed by atoms with van der Waals surface area (Å²) in [5.74, 6) is 2.12. The smallest absolute Gasteiger partial charge is 0.250 e. The number of thioether (sulfide) groups is 2. The minimum absolute atomic E-state index is 0.199. The molecule has 1 amide bonds. The number of rotatable bonds is 10. The number of carbonyl (C=O) groups excluding carboxylic acids is 1. The maximum atomic E-state index is 12.1. The lowest BCUT2D eigenvalue weighted by molar-refractivity contribution is -0.118. The molecule has 1 N–H and O–H groups in total. The molecule has 0 aliphatic heterocycles. The van der Waals surface area contributed by atoms with E-state index in [4.69, 9.17) is 9.47 Å². The van der Waals surface area contributed by atoms with Gasteiger partial charge < -0.3 is 9.47 Å². The molecule has 156 valence electrons. The predicted octanol–water partition coefficient (Wildman–Crippen LogP) is 4.09. The molecule has 30 heavy (non-hydrogen) atoms. The number of amides is 1. The predicted molar refractivity (Wildman–Crippen MR) is 122 cm³/mol. The number of hydrogen-bond acceptors (Lipinski definition) is 9. The van der Waals surface area contributed by atoms with Crippen molar-refractivity contribution in [1.82, 2.24) is 15.6 Å². The van der Waals surface area contributed by atoms with Crippen molar-refractivity contribution < 1.29 is 14.3 Å². The van der Waals surface area contributed by atoms with Crippen molar-refractivity contribution in [3.8, 4) is 11.5 Å². The number of benzene rings is 2. The third-order valence-electron chi connectivity index (χ3n) is 3.75. The molecule has 2 aromatic carbocycles. The Morgan fingerprint density at radius 3 is 2.60 bits per heavy atom. The highest BCUT2D eigenvalue weighted by molar-refractivity contribution is 8.03. The normalized spacial score (nSPS) is 10.9. The second kappa shape index (κ2) is 11.6. The van der Waals surface area contributed by atoms with Gasteiger partial charge in [0.1, 0.15) is 11.5 Å². The number of nitrogens with one attached hydrogen (secondary N) is 1. The van der Waals surface area contributed by atoms with Crippen LogP contribution < -0.4 is 14.9 Å². The van der Waals surface area contributed by atoms with Gasteiger partial charge in [-0.2, -0.15) is 5.10 Å². The molecule has 3 aromatic rings. The van der Waals surface area contributed by atoms with Gasteiger partial charge in [-0.15, -0.1) is 10.2 Å². The molecule has 0 spiro atoms. The van der Waals surface area contributed by atoms with Crippen LogP contribution in [-0.2, 0) is 10.5 Å². The van der Waals surface area contributed by atoms with E-state index in [1.54, 1.807) is 44.2 Å². The first kappa shape index (κ1) is 22.1. The second-order valence-electron chi connectivity index (χ2n) is 5.80. The minimum atomic E-state index is -0.230. The van der Waals surface area contributed by atoms with Crippen LogP contribution in [-0.4, -0.2) is 42.3 Å². The fraction of sp³-hybridized carbons (Fsp3) is 0.200. The standard InChI is InChI=1S/C20H20N4O3S3/c1-26-16-8-9-17(27-2)15(10-16)11-21-22-18(25)13-29-20-24-23-19(30-20)28-12-14-6-4-3-5-7-14/h3-11H,12-13H2,1-2H3,(H,22,25). The Bertz CT molecular complexity index is 996. The van der Waals surface area contributed by atoms with E-state index in [2.05, 4.69) is 32.9 Å². The zero-order valence-corrected chi connectivity index (χ0v) is 18.9. The van der Waals surface area contributed by atoms with Crippen molar-refractivity contribution >= 4 is 47.0 Å². The average Bonchev–Trinajstić information content (AvgIpc) is 3.25. The molecular formula is C20H20N4O3S3. The highest BCUT2D eigenvalue weighted by atomic mass is 32.2. The molecule has 10 heteroatoms. The van der Waals surface area contributed by atoms with Crippen molar-refractivity contribution in [2.24, 2.45) is 5.10 Å². The van der Waals surface area contributed by atoms with Crippen LogP contribution >= 0.6 is 34.9 Å². The summed E-state index contributed by atoms with van der Waals surface area (Å²) in [6.45, 7) is 0. The van der Waals surface area contributed by atoms with E-state index in [1.807, 2.05) is 18.2 Å². The van der Waals surface area contributed by atoms with Crippen LogP contribution in [0.3, 0.4) is 0 Å². The highest BCUT2D eigenvalue weighted by Crippen LogP contribution is 2.30. The number of methoxy groups -OCH3 is 2. The summed E-state index contributed by atoms with van der Waals surface area (Å²) < 4.78 is 12.1. The average molecular weight is 461 g/mol. The zero-order valence-electron chi connectivity index (χ0n) is 16.4. The third kappa shape index (κ3) is 6.75. The van der Waals surface area contributed by atoms with Gasteiger partial charge in [0.25, 0.3) is 5.91 Å². The molecule has 0 bridgehead atoms. The van der Waals surface area contributed by atoms with E-state index in [9.17, 15) is 4.79 Å². The van der Waals surface area contributed by atoms with Crippen LogP contribution in [0.1, 0.15) is 11.1 Å². The fourth-order valence-corrected chi connectivity index (χ4v) is 5.08. The van der Waals surface area contributed by atoms with Crippen molar-refractivity contribution in [3.63, 3.8) is 0 Å². The van der Waals surface area contributed by atoms with Gasteiger partial charge in [0.2, 0.25) is 0 Å². The first-order valence-corrected chi connectivity index (χ1v) is 11.6. The van der Waals surface area contributed by atoms with Gasteiger partial charge in [-0.3, -0.25) is 4.79 Å². The van der Waals surface area contributed by atoms with E-state index in [0.717, 1.165) is 14.4 Å². The van der Waals surface area contributed by atoms with Gasteiger partial charge in [-0.1, -0.05) is 65.2 Å².